The number of nitrogens with two attached hydrogens (primary N) is 1. The van der Waals surface area contributed by atoms with Crippen molar-refractivity contribution >= 4 is 11.4 Å². The van der Waals surface area contributed by atoms with Crippen LogP contribution in [0.25, 0.3) is 0 Å². The molecule has 0 spiro atoms. The third-order valence-corrected chi connectivity index (χ3v) is 3.54. The number of hydrogen-bond acceptors (Lipinski definition) is 4. The molecule has 0 radical (unpaired) electrons. The molecule has 21 heavy (non-hydrogen) atoms. The highest BCUT2D eigenvalue weighted by Crippen LogP contribution is 2.29. The van der Waals surface area contributed by atoms with Gasteiger partial charge in [0.05, 0.1) is 12.7 Å². The molecule has 4 heteroatoms. The zero-order chi connectivity index (χ0) is 15.8. The van der Waals surface area contributed by atoms with Crippen LogP contribution < -0.4 is 15.4 Å². The van der Waals surface area contributed by atoms with Crippen LogP contribution in [-0.2, 0) is 4.74 Å². The minimum atomic E-state index is 0.139. The van der Waals surface area contributed by atoms with E-state index in [9.17, 15) is 0 Å². The van der Waals surface area contributed by atoms with E-state index in [-0.39, 0.29) is 6.10 Å². The molecule has 0 saturated carbocycles. The molecule has 0 heterocycles. The Labute approximate surface area is 129 Å². The Morgan fingerprint density at radius 3 is 2.33 bits per heavy atom. The maximum Gasteiger partial charge on any atom is 0.123 e. The van der Waals surface area contributed by atoms with E-state index in [1.54, 1.807) is 7.11 Å². The highest BCUT2D eigenvalue weighted by atomic mass is 16.5. The van der Waals surface area contributed by atoms with Gasteiger partial charge >= 0.3 is 0 Å². The van der Waals surface area contributed by atoms with Crippen molar-refractivity contribution in [2.75, 3.05) is 30.9 Å². The minimum absolute atomic E-state index is 0.139. The molecule has 0 aromatic heterocycles. The number of rotatable bonds is 9. The maximum atomic E-state index is 6.05. The fraction of sp³-hybridized carbons (Fsp3) is 0.647. The second kappa shape index (κ2) is 8.78. The van der Waals surface area contributed by atoms with Crippen molar-refractivity contribution in [2.45, 2.75) is 52.7 Å². The molecule has 120 valence electrons. The summed E-state index contributed by atoms with van der Waals surface area (Å²) in [6.07, 6.45) is 2.32. The van der Waals surface area contributed by atoms with E-state index in [1.807, 2.05) is 26.0 Å². The van der Waals surface area contributed by atoms with Crippen molar-refractivity contribution in [1.29, 1.82) is 0 Å². The van der Waals surface area contributed by atoms with Crippen LogP contribution >= 0.6 is 0 Å². The van der Waals surface area contributed by atoms with Gasteiger partial charge in [-0.3, -0.25) is 0 Å². The van der Waals surface area contributed by atoms with Crippen molar-refractivity contribution in [3.63, 3.8) is 0 Å². The summed E-state index contributed by atoms with van der Waals surface area (Å²) >= 11 is 0. The summed E-state index contributed by atoms with van der Waals surface area (Å²) < 4.78 is 11.1. The molecule has 0 aliphatic heterocycles. The molecule has 2 N–H and O–H groups in total. The van der Waals surface area contributed by atoms with Crippen molar-refractivity contribution in [1.82, 2.24) is 0 Å². The largest absolute Gasteiger partial charge is 0.491 e. The van der Waals surface area contributed by atoms with Crippen LogP contribution in [0.2, 0.25) is 0 Å². The first-order valence-electron chi connectivity index (χ1n) is 7.84. The third kappa shape index (κ3) is 5.46. The first-order valence-corrected chi connectivity index (χ1v) is 7.84. The Kier molecular flexibility index (Phi) is 7.37. The van der Waals surface area contributed by atoms with Crippen LogP contribution in [0, 0.1) is 0 Å². The van der Waals surface area contributed by atoms with Gasteiger partial charge in [-0.25, -0.2) is 0 Å². The average molecular weight is 294 g/mol. The third-order valence-electron chi connectivity index (χ3n) is 3.54. The van der Waals surface area contributed by atoms with Crippen LogP contribution in [0.15, 0.2) is 18.2 Å². The van der Waals surface area contributed by atoms with E-state index in [0.29, 0.717) is 12.6 Å². The fourth-order valence-corrected chi connectivity index (χ4v) is 2.55. The molecular formula is C17H30N2O2. The lowest BCUT2D eigenvalue weighted by Gasteiger charge is -2.33. The highest BCUT2D eigenvalue weighted by molar-refractivity contribution is 5.61. The first kappa shape index (κ1) is 17.6. The lowest BCUT2D eigenvalue weighted by molar-refractivity contribution is 0.202. The van der Waals surface area contributed by atoms with E-state index in [4.69, 9.17) is 15.2 Å². The van der Waals surface area contributed by atoms with Gasteiger partial charge in [0.25, 0.3) is 0 Å². The Balaban J connectivity index is 3.07. The summed E-state index contributed by atoms with van der Waals surface area (Å²) in [5.41, 5.74) is 7.89. The first-order chi connectivity index (χ1) is 10.0. The van der Waals surface area contributed by atoms with Crippen LogP contribution in [-0.4, -0.2) is 32.4 Å². The van der Waals surface area contributed by atoms with Gasteiger partial charge in [0, 0.05) is 43.2 Å². The quantitative estimate of drug-likeness (QED) is 0.706. The Hall–Kier alpha value is -1.42. The van der Waals surface area contributed by atoms with Crippen LogP contribution in [0.5, 0.6) is 5.75 Å². The molecule has 0 aliphatic carbocycles. The summed E-state index contributed by atoms with van der Waals surface area (Å²) in [6.45, 7) is 10.0. The number of methoxy groups -OCH3 is 1. The standard InChI is InChI=1S/C17H30N2O2/c1-6-15(7-2)19(8-9-20-5)16-10-14(18)11-17(12-16)21-13(3)4/h10-13,15H,6-9,18H2,1-5H3. The lowest BCUT2D eigenvalue weighted by Crippen LogP contribution is -2.37. The van der Waals surface area contributed by atoms with E-state index in [2.05, 4.69) is 24.8 Å². The zero-order valence-electron chi connectivity index (χ0n) is 14.1. The molecule has 0 saturated heterocycles. The summed E-state index contributed by atoms with van der Waals surface area (Å²) in [5.74, 6) is 0.827. The molecule has 0 amide bonds. The van der Waals surface area contributed by atoms with Crippen molar-refractivity contribution < 1.29 is 9.47 Å². The van der Waals surface area contributed by atoms with Gasteiger partial charge in [-0.1, -0.05) is 13.8 Å². The van der Waals surface area contributed by atoms with Gasteiger partial charge in [-0.2, -0.15) is 0 Å². The Bertz CT molecular complexity index is 417. The van der Waals surface area contributed by atoms with Gasteiger partial charge in [0.15, 0.2) is 0 Å². The molecule has 1 aromatic rings. The predicted molar refractivity (Wildman–Crippen MR) is 90.2 cm³/mol. The normalized spacial score (nSPS) is 11.2. The molecule has 1 aromatic carbocycles. The van der Waals surface area contributed by atoms with Crippen molar-refractivity contribution in [2.24, 2.45) is 0 Å². The summed E-state index contributed by atoms with van der Waals surface area (Å²) in [5, 5.41) is 0. The monoisotopic (exact) mass is 294 g/mol. The number of nitrogen functional groups attached to an aromatic ring is 1. The van der Waals surface area contributed by atoms with Gasteiger partial charge in [0.1, 0.15) is 5.75 Å². The van der Waals surface area contributed by atoms with E-state index in [0.717, 1.165) is 36.5 Å². The van der Waals surface area contributed by atoms with E-state index in [1.165, 1.54) is 0 Å². The van der Waals surface area contributed by atoms with Crippen molar-refractivity contribution in [3.05, 3.63) is 18.2 Å². The maximum absolute atomic E-state index is 6.05. The fourth-order valence-electron chi connectivity index (χ4n) is 2.55. The van der Waals surface area contributed by atoms with Gasteiger partial charge < -0.3 is 20.1 Å². The molecule has 0 fully saturated rings. The van der Waals surface area contributed by atoms with Crippen molar-refractivity contribution in [3.8, 4) is 5.75 Å². The summed E-state index contributed by atoms with van der Waals surface area (Å²) in [6, 6.07) is 6.45. The van der Waals surface area contributed by atoms with Gasteiger partial charge in [0.2, 0.25) is 0 Å². The highest BCUT2D eigenvalue weighted by Gasteiger charge is 2.17. The average Bonchev–Trinajstić information content (AvgIpc) is 2.42. The van der Waals surface area contributed by atoms with Crippen LogP contribution in [0.1, 0.15) is 40.5 Å². The zero-order valence-corrected chi connectivity index (χ0v) is 14.1. The molecule has 1 rings (SSSR count). The summed E-state index contributed by atoms with van der Waals surface area (Å²) in [4.78, 5) is 2.37. The van der Waals surface area contributed by atoms with E-state index >= 15 is 0 Å². The predicted octanol–water partition coefficient (Wildman–Crippen LogP) is 3.70. The Morgan fingerprint density at radius 1 is 1.14 bits per heavy atom. The second-order valence-electron chi connectivity index (χ2n) is 5.58. The number of anilines is 2. The number of nitrogens with zero attached hydrogens (tertiary/aromatic N) is 1. The number of ether oxygens (including phenoxy) is 2. The minimum Gasteiger partial charge on any atom is -0.491 e. The van der Waals surface area contributed by atoms with Gasteiger partial charge in [-0.15, -0.1) is 0 Å². The molecule has 0 unspecified atom stereocenters. The number of hydrogen-bond donors (Lipinski definition) is 1. The molecule has 0 bridgehead atoms. The van der Waals surface area contributed by atoms with Gasteiger partial charge in [-0.05, 0) is 32.8 Å². The lowest BCUT2D eigenvalue weighted by atomic mass is 10.1. The smallest absolute Gasteiger partial charge is 0.123 e. The molecule has 0 atom stereocenters. The SMILES string of the molecule is CCC(CC)N(CCOC)c1cc(N)cc(OC(C)C)c1. The Morgan fingerprint density at radius 2 is 1.81 bits per heavy atom. The topological polar surface area (TPSA) is 47.7 Å². The summed E-state index contributed by atoms with van der Waals surface area (Å²) in [7, 11) is 1.73. The van der Waals surface area contributed by atoms with E-state index < -0.39 is 0 Å². The van der Waals surface area contributed by atoms with Crippen LogP contribution in [0.4, 0.5) is 11.4 Å². The second-order valence-corrected chi connectivity index (χ2v) is 5.58. The number of benzene rings is 1. The van der Waals surface area contributed by atoms with Crippen LogP contribution in [0.3, 0.4) is 0 Å². The molecule has 0 aliphatic rings. The molecule has 4 nitrogen and oxygen atoms in total. The molecular weight excluding hydrogens is 264 g/mol.